The van der Waals surface area contributed by atoms with Crippen LogP contribution in [-0.4, -0.2) is 47.3 Å². The van der Waals surface area contributed by atoms with Crippen molar-refractivity contribution >= 4 is 23.0 Å². The maximum absolute atomic E-state index is 12.4. The van der Waals surface area contributed by atoms with Crippen molar-refractivity contribution in [1.82, 2.24) is 9.47 Å². The van der Waals surface area contributed by atoms with Crippen LogP contribution in [0.15, 0.2) is 24.3 Å². The van der Waals surface area contributed by atoms with Crippen molar-refractivity contribution in [3.8, 4) is 0 Å². The highest BCUT2D eigenvalue weighted by Crippen LogP contribution is 2.36. The van der Waals surface area contributed by atoms with Gasteiger partial charge in [0.1, 0.15) is 5.60 Å². The second-order valence-corrected chi connectivity index (χ2v) is 8.88. The van der Waals surface area contributed by atoms with Gasteiger partial charge in [-0.1, -0.05) is 18.2 Å². The number of likely N-dealkylation sites (tertiary alicyclic amines) is 1. The minimum absolute atomic E-state index is 0.207. The largest absolute Gasteiger partial charge is 0.465 e. The van der Waals surface area contributed by atoms with Gasteiger partial charge in [-0.3, -0.25) is 0 Å². The molecule has 1 aliphatic rings. The molecule has 1 saturated heterocycles. The van der Waals surface area contributed by atoms with E-state index in [4.69, 9.17) is 9.47 Å². The number of rotatable bonds is 3. The lowest BCUT2D eigenvalue weighted by Crippen LogP contribution is -2.42. The zero-order valence-corrected chi connectivity index (χ0v) is 18.3. The molecule has 2 aromatic rings. The number of carbonyl (C=O) groups excluding carboxylic acids is 2. The number of piperidine rings is 1. The van der Waals surface area contributed by atoms with E-state index in [1.165, 1.54) is 7.11 Å². The number of hydrogen-bond acceptors (Lipinski definition) is 4. The predicted molar refractivity (Wildman–Crippen MR) is 113 cm³/mol. The number of methoxy groups -OCH3 is 1. The number of para-hydroxylation sites is 1. The Kier molecular flexibility index (Phi) is 5.92. The van der Waals surface area contributed by atoms with Crippen molar-refractivity contribution < 1.29 is 19.1 Å². The van der Waals surface area contributed by atoms with E-state index >= 15 is 0 Å². The van der Waals surface area contributed by atoms with Crippen LogP contribution in [0.3, 0.4) is 0 Å². The molecule has 2 heterocycles. The van der Waals surface area contributed by atoms with E-state index in [-0.39, 0.29) is 18.1 Å². The minimum atomic E-state index is -0.479. The quantitative estimate of drug-likeness (QED) is 0.685. The maximum Gasteiger partial charge on any atom is 0.410 e. The summed E-state index contributed by atoms with van der Waals surface area (Å²) < 4.78 is 12.8. The van der Waals surface area contributed by atoms with E-state index in [0.717, 1.165) is 29.4 Å². The smallest absolute Gasteiger partial charge is 0.410 e. The molecule has 0 bridgehead atoms. The fourth-order valence-electron chi connectivity index (χ4n) is 4.38. The van der Waals surface area contributed by atoms with Gasteiger partial charge in [-0.15, -0.1) is 0 Å². The highest BCUT2D eigenvalue weighted by atomic mass is 16.6. The molecule has 6 heteroatoms. The average Bonchev–Trinajstić information content (AvgIpc) is 2.97. The molecule has 0 saturated carbocycles. The van der Waals surface area contributed by atoms with Crippen molar-refractivity contribution in [1.29, 1.82) is 0 Å². The standard InChI is InChI=1S/C23H32N2O4/c1-15(17-11-13-24(14-12-17)22(27)29-23(3,4)5)25-16(2)20(21(26)28-6)18-9-7-8-10-19(18)25/h7-10,15,17H,11-14H2,1-6H3/t15-/m0/s1. The Labute approximate surface area is 172 Å². The summed E-state index contributed by atoms with van der Waals surface area (Å²) in [6.45, 7) is 11.2. The van der Waals surface area contributed by atoms with Crippen LogP contribution in [0.2, 0.25) is 0 Å². The number of benzene rings is 1. The SMILES string of the molecule is COC(=O)c1c(C)n([C@@H](C)C2CCN(C(=O)OC(C)(C)C)CC2)c2ccccc12. The predicted octanol–water partition coefficient (Wildman–Crippen LogP) is 4.94. The third kappa shape index (κ3) is 4.26. The van der Waals surface area contributed by atoms with Gasteiger partial charge in [0.15, 0.2) is 0 Å². The highest BCUT2D eigenvalue weighted by molar-refractivity contribution is 6.05. The monoisotopic (exact) mass is 400 g/mol. The summed E-state index contributed by atoms with van der Waals surface area (Å²) in [5, 5.41) is 0.926. The molecule has 1 aromatic heterocycles. The van der Waals surface area contributed by atoms with Crippen LogP contribution < -0.4 is 0 Å². The second kappa shape index (κ2) is 8.09. The van der Waals surface area contributed by atoms with Gasteiger partial charge in [0.25, 0.3) is 0 Å². The van der Waals surface area contributed by atoms with Gasteiger partial charge >= 0.3 is 12.1 Å². The fraction of sp³-hybridized carbons (Fsp3) is 0.565. The van der Waals surface area contributed by atoms with Crippen molar-refractivity contribution in [2.45, 2.75) is 59.1 Å². The Balaban J connectivity index is 1.81. The Bertz CT molecular complexity index is 901. The molecule has 3 rings (SSSR count). The lowest BCUT2D eigenvalue weighted by atomic mass is 9.90. The summed E-state index contributed by atoms with van der Waals surface area (Å²) in [5.74, 6) is 0.109. The first-order valence-electron chi connectivity index (χ1n) is 10.3. The third-order valence-electron chi connectivity index (χ3n) is 5.83. The highest BCUT2D eigenvalue weighted by Gasteiger charge is 2.32. The Morgan fingerprint density at radius 1 is 1.14 bits per heavy atom. The number of esters is 1. The Hall–Kier alpha value is -2.50. The van der Waals surface area contributed by atoms with Crippen LogP contribution in [0.25, 0.3) is 10.9 Å². The number of carbonyl (C=O) groups is 2. The maximum atomic E-state index is 12.4. The molecule has 1 atom stereocenters. The zero-order chi connectivity index (χ0) is 21.3. The molecule has 6 nitrogen and oxygen atoms in total. The van der Waals surface area contributed by atoms with Gasteiger partial charge in [-0.25, -0.2) is 9.59 Å². The molecule has 0 N–H and O–H groups in total. The molecule has 158 valence electrons. The van der Waals surface area contributed by atoms with Crippen LogP contribution in [0.5, 0.6) is 0 Å². The van der Waals surface area contributed by atoms with Crippen molar-refractivity contribution in [2.75, 3.05) is 20.2 Å². The van der Waals surface area contributed by atoms with Crippen LogP contribution in [-0.2, 0) is 9.47 Å². The van der Waals surface area contributed by atoms with Crippen molar-refractivity contribution in [2.24, 2.45) is 5.92 Å². The summed E-state index contributed by atoms with van der Waals surface area (Å²) in [7, 11) is 1.42. The first-order chi connectivity index (χ1) is 13.6. The summed E-state index contributed by atoms with van der Waals surface area (Å²) in [5.41, 5.74) is 2.14. The van der Waals surface area contributed by atoms with Gasteiger partial charge in [0.2, 0.25) is 0 Å². The Morgan fingerprint density at radius 3 is 2.34 bits per heavy atom. The molecule has 1 amide bonds. The van der Waals surface area contributed by atoms with E-state index in [2.05, 4.69) is 17.6 Å². The van der Waals surface area contributed by atoms with E-state index < -0.39 is 5.60 Å². The minimum Gasteiger partial charge on any atom is -0.465 e. The third-order valence-corrected chi connectivity index (χ3v) is 5.83. The van der Waals surface area contributed by atoms with Gasteiger partial charge in [0.05, 0.1) is 12.7 Å². The first-order valence-corrected chi connectivity index (χ1v) is 10.3. The molecule has 1 aliphatic heterocycles. The number of aromatic nitrogens is 1. The number of hydrogen-bond donors (Lipinski definition) is 0. The molecule has 0 spiro atoms. The number of fused-ring (bicyclic) bond motifs is 1. The van der Waals surface area contributed by atoms with E-state index in [1.807, 2.05) is 45.9 Å². The van der Waals surface area contributed by atoms with Gasteiger partial charge < -0.3 is 18.9 Å². The first kappa shape index (κ1) is 21.2. The lowest BCUT2D eigenvalue weighted by Gasteiger charge is -2.36. The fourth-order valence-corrected chi connectivity index (χ4v) is 4.38. The molecule has 0 radical (unpaired) electrons. The normalized spacial score (nSPS) is 16.7. The van der Waals surface area contributed by atoms with Crippen molar-refractivity contribution in [3.63, 3.8) is 0 Å². The van der Waals surface area contributed by atoms with Crippen LogP contribution >= 0.6 is 0 Å². The van der Waals surface area contributed by atoms with Gasteiger partial charge in [0, 0.05) is 35.7 Å². The van der Waals surface area contributed by atoms with Gasteiger partial charge in [-0.05, 0) is 59.4 Å². The van der Waals surface area contributed by atoms with Crippen LogP contribution in [0.4, 0.5) is 4.79 Å². The molecule has 0 unspecified atom stereocenters. The Morgan fingerprint density at radius 2 is 1.76 bits per heavy atom. The zero-order valence-electron chi connectivity index (χ0n) is 18.3. The molecular formula is C23H32N2O4. The summed E-state index contributed by atoms with van der Waals surface area (Å²) in [4.78, 5) is 26.5. The molecular weight excluding hydrogens is 368 g/mol. The average molecular weight is 401 g/mol. The second-order valence-electron chi connectivity index (χ2n) is 8.88. The summed E-state index contributed by atoms with van der Waals surface area (Å²) >= 11 is 0. The van der Waals surface area contributed by atoms with Gasteiger partial charge in [-0.2, -0.15) is 0 Å². The van der Waals surface area contributed by atoms with Crippen LogP contribution in [0.1, 0.15) is 62.6 Å². The summed E-state index contributed by atoms with van der Waals surface area (Å²) in [6, 6.07) is 8.18. The molecule has 29 heavy (non-hydrogen) atoms. The molecule has 1 aromatic carbocycles. The number of ether oxygens (including phenoxy) is 2. The summed E-state index contributed by atoms with van der Waals surface area (Å²) in [6.07, 6.45) is 1.57. The molecule has 0 aliphatic carbocycles. The van der Waals surface area contributed by atoms with E-state index in [1.54, 1.807) is 4.90 Å². The lowest BCUT2D eigenvalue weighted by molar-refractivity contribution is 0.0165. The van der Waals surface area contributed by atoms with Crippen molar-refractivity contribution in [3.05, 3.63) is 35.5 Å². The molecule has 1 fully saturated rings. The van der Waals surface area contributed by atoms with E-state index in [9.17, 15) is 9.59 Å². The number of nitrogens with zero attached hydrogens (tertiary/aromatic N) is 2. The van der Waals surface area contributed by atoms with E-state index in [0.29, 0.717) is 24.6 Å². The van der Waals surface area contributed by atoms with Crippen LogP contribution in [0, 0.1) is 12.8 Å². The number of amides is 1. The topological polar surface area (TPSA) is 60.8 Å².